The van der Waals surface area contributed by atoms with Gasteiger partial charge in [0, 0.05) is 38.8 Å². The average Bonchev–Trinajstić information content (AvgIpc) is 3.13. The van der Waals surface area contributed by atoms with Crippen molar-refractivity contribution in [2.24, 2.45) is 7.05 Å². The highest BCUT2D eigenvalue weighted by Crippen LogP contribution is 2.29. The van der Waals surface area contributed by atoms with Gasteiger partial charge in [0.15, 0.2) is 0 Å². The predicted octanol–water partition coefficient (Wildman–Crippen LogP) is 4.43. The molecule has 0 spiro atoms. The first kappa shape index (κ1) is 20.5. The second kappa shape index (κ2) is 8.60. The molecule has 1 amide bonds. The zero-order valence-electron chi connectivity index (χ0n) is 18.6. The van der Waals surface area contributed by atoms with Gasteiger partial charge in [-0.1, -0.05) is 60.7 Å². The molecule has 5 nitrogen and oxygen atoms in total. The molecule has 1 saturated heterocycles. The lowest BCUT2D eigenvalue weighted by molar-refractivity contribution is 0.0597. The minimum atomic E-state index is 0.0887. The predicted molar refractivity (Wildman–Crippen MR) is 128 cm³/mol. The molecule has 3 aromatic carbocycles. The van der Waals surface area contributed by atoms with Gasteiger partial charge in [-0.3, -0.25) is 9.69 Å². The maximum Gasteiger partial charge on any atom is 0.254 e. The third-order valence-electron chi connectivity index (χ3n) is 6.55. The summed E-state index contributed by atoms with van der Waals surface area (Å²) in [5.74, 6) is 1.04. The molecule has 0 radical (unpaired) electrons. The van der Waals surface area contributed by atoms with Crippen molar-refractivity contribution in [1.82, 2.24) is 19.4 Å². The standard InChI is InChI=1S/C27H28N4O/c1-20-28-24-19-23(13-14-25(24)29(20)2)27(32)31-17-15-30(16-18-31)26(21-9-5-3-6-10-21)22-11-7-4-8-12-22/h3-14,19,26H,15-18H2,1-2H3. The molecule has 5 rings (SSSR count). The lowest BCUT2D eigenvalue weighted by Gasteiger charge is -2.39. The van der Waals surface area contributed by atoms with Crippen LogP contribution in [-0.2, 0) is 7.05 Å². The van der Waals surface area contributed by atoms with Crippen molar-refractivity contribution in [3.63, 3.8) is 0 Å². The maximum atomic E-state index is 13.2. The number of benzene rings is 3. The van der Waals surface area contributed by atoms with Crippen molar-refractivity contribution in [1.29, 1.82) is 0 Å². The summed E-state index contributed by atoms with van der Waals surface area (Å²) in [4.78, 5) is 22.3. The summed E-state index contributed by atoms with van der Waals surface area (Å²) >= 11 is 0. The van der Waals surface area contributed by atoms with Crippen LogP contribution in [-0.4, -0.2) is 51.4 Å². The summed E-state index contributed by atoms with van der Waals surface area (Å²) < 4.78 is 2.05. The van der Waals surface area contributed by atoms with Crippen molar-refractivity contribution >= 4 is 16.9 Å². The number of carbonyl (C=O) groups excluding carboxylic acids is 1. The number of fused-ring (bicyclic) bond motifs is 1. The van der Waals surface area contributed by atoms with Crippen LogP contribution in [0.15, 0.2) is 78.9 Å². The van der Waals surface area contributed by atoms with Gasteiger partial charge in [0.1, 0.15) is 5.82 Å². The molecule has 0 bridgehead atoms. The molecule has 4 aromatic rings. The largest absolute Gasteiger partial charge is 0.336 e. The highest BCUT2D eigenvalue weighted by molar-refractivity contribution is 5.97. The second-order valence-electron chi connectivity index (χ2n) is 8.47. The van der Waals surface area contributed by atoms with Gasteiger partial charge in [0.25, 0.3) is 5.91 Å². The van der Waals surface area contributed by atoms with Gasteiger partial charge in [-0.2, -0.15) is 0 Å². The summed E-state index contributed by atoms with van der Waals surface area (Å²) in [7, 11) is 2.00. The molecule has 0 aliphatic carbocycles. The van der Waals surface area contributed by atoms with Gasteiger partial charge in [0.05, 0.1) is 17.1 Å². The van der Waals surface area contributed by atoms with Gasteiger partial charge in [-0.05, 0) is 36.2 Å². The average molecular weight is 425 g/mol. The Morgan fingerprint density at radius 2 is 1.44 bits per heavy atom. The Morgan fingerprint density at radius 3 is 2.03 bits per heavy atom. The van der Waals surface area contributed by atoms with E-state index in [9.17, 15) is 4.79 Å². The number of piperazine rings is 1. The molecule has 32 heavy (non-hydrogen) atoms. The lowest BCUT2D eigenvalue weighted by Crippen LogP contribution is -2.49. The van der Waals surface area contributed by atoms with E-state index in [1.54, 1.807) is 0 Å². The Balaban J connectivity index is 1.34. The van der Waals surface area contributed by atoms with E-state index in [0.717, 1.165) is 29.9 Å². The Labute approximate surface area is 188 Å². The Bertz CT molecular complexity index is 1190. The first-order valence-electron chi connectivity index (χ1n) is 11.2. The number of nitrogens with zero attached hydrogens (tertiary/aromatic N) is 4. The summed E-state index contributed by atoms with van der Waals surface area (Å²) in [6.45, 7) is 5.09. The number of aryl methyl sites for hydroxylation is 2. The first-order chi connectivity index (χ1) is 15.6. The normalized spacial score (nSPS) is 14.9. The molecule has 162 valence electrons. The van der Waals surface area contributed by atoms with E-state index in [2.05, 4.69) is 75.1 Å². The van der Waals surface area contributed by atoms with Crippen molar-refractivity contribution in [2.45, 2.75) is 13.0 Å². The smallest absolute Gasteiger partial charge is 0.254 e. The van der Waals surface area contributed by atoms with Crippen molar-refractivity contribution in [2.75, 3.05) is 26.2 Å². The fourth-order valence-electron chi connectivity index (χ4n) is 4.70. The molecule has 0 N–H and O–H groups in total. The number of amides is 1. The highest BCUT2D eigenvalue weighted by Gasteiger charge is 2.28. The molecular weight excluding hydrogens is 396 g/mol. The summed E-state index contributed by atoms with van der Waals surface area (Å²) in [6.07, 6.45) is 0. The maximum absolute atomic E-state index is 13.2. The quantitative estimate of drug-likeness (QED) is 0.487. The molecule has 1 fully saturated rings. The first-order valence-corrected chi connectivity index (χ1v) is 11.2. The number of hydrogen-bond acceptors (Lipinski definition) is 3. The van der Waals surface area contributed by atoms with Crippen LogP contribution >= 0.6 is 0 Å². The number of rotatable bonds is 4. The van der Waals surface area contributed by atoms with E-state index >= 15 is 0 Å². The van der Waals surface area contributed by atoms with E-state index in [4.69, 9.17) is 0 Å². The van der Waals surface area contributed by atoms with Gasteiger partial charge in [0.2, 0.25) is 0 Å². The molecule has 0 saturated carbocycles. The summed E-state index contributed by atoms with van der Waals surface area (Å²) in [5.41, 5.74) is 5.22. The van der Waals surface area contributed by atoms with E-state index in [0.29, 0.717) is 18.7 Å². The van der Waals surface area contributed by atoms with Crippen LogP contribution in [0, 0.1) is 6.92 Å². The van der Waals surface area contributed by atoms with Crippen LogP contribution in [0.2, 0.25) is 0 Å². The molecule has 1 aromatic heterocycles. The Kier molecular flexibility index (Phi) is 5.50. The van der Waals surface area contributed by atoms with Crippen LogP contribution < -0.4 is 0 Å². The minimum absolute atomic E-state index is 0.0887. The van der Waals surface area contributed by atoms with Crippen LogP contribution in [0.3, 0.4) is 0 Å². The van der Waals surface area contributed by atoms with Gasteiger partial charge >= 0.3 is 0 Å². The molecule has 5 heteroatoms. The number of aromatic nitrogens is 2. The van der Waals surface area contributed by atoms with Crippen LogP contribution in [0.4, 0.5) is 0 Å². The van der Waals surface area contributed by atoms with E-state index < -0.39 is 0 Å². The number of carbonyl (C=O) groups is 1. The second-order valence-corrected chi connectivity index (χ2v) is 8.47. The van der Waals surface area contributed by atoms with Crippen molar-refractivity contribution in [3.8, 4) is 0 Å². The third-order valence-corrected chi connectivity index (χ3v) is 6.55. The third kappa shape index (κ3) is 3.80. The Morgan fingerprint density at radius 1 is 0.844 bits per heavy atom. The van der Waals surface area contributed by atoms with Crippen molar-refractivity contribution < 1.29 is 4.79 Å². The topological polar surface area (TPSA) is 41.4 Å². The number of imidazole rings is 1. The van der Waals surface area contributed by atoms with Gasteiger partial charge in [-0.15, -0.1) is 0 Å². The fraction of sp³-hybridized carbons (Fsp3) is 0.259. The van der Waals surface area contributed by atoms with Crippen LogP contribution in [0.25, 0.3) is 11.0 Å². The summed E-state index contributed by atoms with van der Waals surface area (Å²) in [6, 6.07) is 27.3. The van der Waals surface area contributed by atoms with Crippen LogP contribution in [0.1, 0.15) is 33.4 Å². The van der Waals surface area contributed by atoms with Crippen LogP contribution in [0.5, 0.6) is 0 Å². The lowest BCUT2D eigenvalue weighted by atomic mass is 9.96. The zero-order chi connectivity index (χ0) is 22.1. The summed E-state index contributed by atoms with van der Waals surface area (Å²) in [5, 5.41) is 0. The Hall–Kier alpha value is -3.44. The van der Waals surface area contributed by atoms with Crippen molar-refractivity contribution in [3.05, 3.63) is 101 Å². The van der Waals surface area contributed by atoms with Gasteiger partial charge < -0.3 is 9.47 Å². The monoisotopic (exact) mass is 424 g/mol. The molecule has 0 atom stereocenters. The van der Waals surface area contributed by atoms with E-state index in [1.807, 2.05) is 37.1 Å². The number of hydrogen-bond donors (Lipinski definition) is 0. The molecule has 1 aliphatic rings. The van der Waals surface area contributed by atoms with E-state index in [1.165, 1.54) is 11.1 Å². The minimum Gasteiger partial charge on any atom is -0.336 e. The van der Waals surface area contributed by atoms with Gasteiger partial charge in [-0.25, -0.2) is 4.98 Å². The van der Waals surface area contributed by atoms with E-state index in [-0.39, 0.29) is 11.9 Å². The molecular formula is C27H28N4O. The molecule has 0 unspecified atom stereocenters. The fourth-order valence-corrected chi connectivity index (χ4v) is 4.70. The SMILES string of the molecule is Cc1nc2cc(C(=O)N3CCN(C(c4ccccc4)c4ccccc4)CC3)ccc2n1C. The molecule has 2 heterocycles. The highest BCUT2D eigenvalue weighted by atomic mass is 16.2. The molecule has 1 aliphatic heterocycles. The zero-order valence-corrected chi connectivity index (χ0v) is 18.6.